The lowest BCUT2D eigenvalue weighted by molar-refractivity contribution is -0.137. The van der Waals surface area contributed by atoms with Crippen molar-refractivity contribution in [1.82, 2.24) is 0 Å². The van der Waals surface area contributed by atoms with E-state index >= 15 is 0 Å². The van der Waals surface area contributed by atoms with Crippen LogP contribution >= 0.6 is 12.6 Å². The largest absolute Gasteiger partial charge is 0.478 e. The second-order valence-corrected chi connectivity index (χ2v) is 3.97. The van der Waals surface area contributed by atoms with Crippen LogP contribution < -0.4 is 0 Å². The van der Waals surface area contributed by atoms with Gasteiger partial charge in [0.1, 0.15) is 0 Å². The molecular weight excluding hydrogens is 265 g/mol. The Morgan fingerprint density at radius 3 is 2.56 bits per heavy atom. The summed E-state index contributed by atoms with van der Waals surface area (Å²) in [5, 5.41) is 8.89. The number of hydrogen-bond donors (Lipinski definition) is 2. The summed E-state index contributed by atoms with van der Waals surface area (Å²) in [4.78, 5) is 10.9. The van der Waals surface area contributed by atoms with Crippen molar-refractivity contribution in [1.29, 1.82) is 0 Å². The van der Waals surface area contributed by atoms with Crippen LogP contribution in [0.3, 0.4) is 0 Å². The Kier molecular flexibility index (Phi) is 4.84. The van der Waals surface area contributed by atoms with E-state index in [2.05, 4.69) is 12.6 Å². The predicted molar refractivity (Wildman–Crippen MR) is 65.9 cm³/mol. The van der Waals surface area contributed by atoms with Crippen LogP contribution in [0.15, 0.2) is 24.3 Å². The Morgan fingerprint density at radius 1 is 1.39 bits per heavy atom. The minimum atomic E-state index is -4.48. The highest BCUT2D eigenvalue weighted by atomic mass is 32.1. The summed E-state index contributed by atoms with van der Waals surface area (Å²) < 4.78 is 37.5. The monoisotopic (exact) mass is 276 g/mol. The van der Waals surface area contributed by atoms with Crippen LogP contribution in [0.25, 0.3) is 6.08 Å². The van der Waals surface area contributed by atoms with Crippen LogP contribution in [0.2, 0.25) is 0 Å². The van der Waals surface area contributed by atoms with E-state index in [1.807, 2.05) is 0 Å². The molecule has 0 fully saturated rings. The molecule has 1 aromatic carbocycles. The molecular formula is C12H11F3O2S. The second-order valence-electron chi connectivity index (χ2n) is 3.52. The highest BCUT2D eigenvalue weighted by Crippen LogP contribution is 2.31. The van der Waals surface area contributed by atoms with Crippen molar-refractivity contribution < 1.29 is 23.1 Å². The third kappa shape index (κ3) is 3.80. The molecule has 0 spiro atoms. The molecule has 0 aromatic heterocycles. The molecule has 1 N–H and O–H groups in total. The topological polar surface area (TPSA) is 37.3 Å². The fraction of sp³-hybridized carbons (Fsp3) is 0.250. The third-order valence-corrected chi connectivity index (χ3v) is 2.46. The molecule has 0 aliphatic carbocycles. The smallest absolute Gasteiger partial charge is 0.416 e. The number of halogens is 3. The van der Waals surface area contributed by atoms with Gasteiger partial charge in [0, 0.05) is 0 Å². The average Bonchev–Trinajstić information content (AvgIpc) is 2.27. The van der Waals surface area contributed by atoms with Gasteiger partial charge in [0.05, 0.1) is 11.1 Å². The number of alkyl halides is 3. The van der Waals surface area contributed by atoms with Gasteiger partial charge < -0.3 is 5.11 Å². The number of thiol groups is 1. The van der Waals surface area contributed by atoms with E-state index < -0.39 is 17.7 Å². The van der Waals surface area contributed by atoms with E-state index in [9.17, 15) is 18.0 Å². The molecule has 0 aliphatic rings. The number of carboxylic acid groups (broad SMARTS) is 1. The van der Waals surface area contributed by atoms with Gasteiger partial charge in [-0.2, -0.15) is 25.8 Å². The summed E-state index contributed by atoms with van der Waals surface area (Å²) in [6.07, 6.45) is -0.967. The zero-order valence-corrected chi connectivity index (χ0v) is 10.1. The first kappa shape index (κ1) is 14.6. The van der Waals surface area contributed by atoms with Crippen molar-refractivity contribution in [3.8, 4) is 0 Å². The molecule has 18 heavy (non-hydrogen) atoms. The van der Waals surface area contributed by atoms with Crippen molar-refractivity contribution in [3.63, 3.8) is 0 Å². The van der Waals surface area contributed by atoms with Crippen LogP contribution in [-0.2, 0) is 6.18 Å². The highest BCUT2D eigenvalue weighted by molar-refractivity contribution is 7.80. The maximum atomic E-state index is 12.5. The SMILES string of the molecule is O=C(O)c1ccc(C(F)(F)F)cc1C=CCCS. The molecule has 2 nitrogen and oxygen atoms in total. The average molecular weight is 276 g/mol. The maximum Gasteiger partial charge on any atom is 0.416 e. The Balaban J connectivity index is 3.20. The fourth-order valence-electron chi connectivity index (χ4n) is 1.36. The van der Waals surface area contributed by atoms with Crippen LogP contribution in [-0.4, -0.2) is 16.8 Å². The summed E-state index contributed by atoms with van der Waals surface area (Å²) in [6.45, 7) is 0. The molecule has 0 amide bonds. The molecule has 0 heterocycles. The van der Waals surface area contributed by atoms with Gasteiger partial charge in [-0.1, -0.05) is 12.2 Å². The highest BCUT2D eigenvalue weighted by Gasteiger charge is 2.31. The molecule has 98 valence electrons. The van der Waals surface area contributed by atoms with Gasteiger partial charge in [0.2, 0.25) is 0 Å². The normalized spacial score (nSPS) is 12.0. The first-order valence-electron chi connectivity index (χ1n) is 5.08. The van der Waals surface area contributed by atoms with Gasteiger partial charge in [-0.15, -0.1) is 0 Å². The Hall–Kier alpha value is -1.43. The van der Waals surface area contributed by atoms with Crippen LogP contribution in [0, 0.1) is 0 Å². The standard InChI is InChI=1S/C12H11F3O2S/c13-12(14,15)9-4-5-10(11(16)17)8(7-9)3-1-2-6-18/h1,3-5,7,18H,2,6H2,(H,16,17). The molecule has 6 heteroatoms. The zero-order chi connectivity index (χ0) is 13.8. The van der Waals surface area contributed by atoms with E-state index in [1.165, 1.54) is 6.08 Å². The van der Waals surface area contributed by atoms with Gasteiger partial charge in [-0.05, 0) is 35.9 Å². The van der Waals surface area contributed by atoms with E-state index in [1.54, 1.807) is 6.08 Å². The van der Waals surface area contributed by atoms with E-state index in [4.69, 9.17) is 5.11 Å². The number of hydrogen-bond acceptors (Lipinski definition) is 2. The number of rotatable bonds is 4. The van der Waals surface area contributed by atoms with Crippen molar-refractivity contribution in [2.24, 2.45) is 0 Å². The molecule has 0 unspecified atom stereocenters. The van der Waals surface area contributed by atoms with E-state index in [0.717, 1.165) is 18.2 Å². The van der Waals surface area contributed by atoms with Gasteiger partial charge in [0.15, 0.2) is 0 Å². The van der Waals surface area contributed by atoms with E-state index in [-0.39, 0.29) is 11.1 Å². The predicted octanol–water partition coefficient (Wildman–Crippen LogP) is 3.74. The number of carboxylic acids is 1. The molecule has 0 aliphatic heterocycles. The summed E-state index contributed by atoms with van der Waals surface area (Å²) in [6, 6.07) is 2.56. The van der Waals surface area contributed by atoms with Gasteiger partial charge in [0.25, 0.3) is 0 Å². The lowest BCUT2D eigenvalue weighted by Gasteiger charge is -2.09. The van der Waals surface area contributed by atoms with Crippen molar-refractivity contribution in [2.45, 2.75) is 12.6 Å². The first-order chi connectivity index (χ1) is 8.36. The van der Waals surface area contributed by atoms with Crippen molar-refractivity contribution in [2.75, 3.05) is 5.75 Å². The van der Waals surface area contributed by atoms with Gasteiger partial charge in [-0.3, -0.25) is 0 Å². The molecule has 0 atom stereocenters. The summed E-state index contributed by atoms with van der Waals surface area (Å²) in [5.74, 6) is -0.716. The molecule has 0 radical (unpaired) electrons. The number of benzene rings is 1. The Bertz CT molecular complexity index is 467. The number of carbonyl (C=O) groups is 1. The summed E-state index contributed by atoms with van der Waals surface area (Å²) >= 11 is 3.95. The summed E-state index contributed by atoms with van der Waals surface area (Å²) in [7, 11) is 0. The van der Waals surface area contributed by atoms with Crippen molar-refractivity contribution in [3.05, 3.63) is 41.0 Å². The Morgan fingerprint density at radius 2 is 2.06 bits per heavy atom. The van der Waals surface area contributed by atoms with Crippen LogP contribution in [0.4, 0.5) is 13.2 Å². The Labute approximate surface area is 108 Å². The second kappa shape index (κ2) is 5.95. The zero-order valence-electron chi connectivity index (χ0n) is 9.24. The first-order valence-corrected chi connectivity index (χ1v) is 5.71. The molecule has 1 aromatic rings. The van der Waals surface area contributed by atoms with E-state index in [0.29, 0.717) is 12.2 Å². The minimum absolute atomic E-state index is 0.0408. The number of allylic oxidation sites excluding steroid dienone is 1. The summed E-state index contributed by atoms with van der Waals surface area (Å²) in [5.41, 5.74) is -0.976. The maximum absolute atomic E-state index is 12.5. The lowest BCUT2D eigenvalue weighted by atomic mass is 10.0. The molecule has 0 saturated heterocycles. The third-order valence-electron chi connectivity index (χ3n) is 2.20. The minimum Gasteiger partial charge on any atom is -0.478 e. The molecule has 0 saturated carbocycles. The van der Waals surface area contributed by atoms with Crippen molar-refractivity contribution >= 4 is 24.7 Å². The quantitative estimate of drug-likeness (QED) is 0.822. The molecule has 1 rings (SSSR count). The number of aromatic carboxylic acids is 1. The lowest BCUT2D eigenvalue weighted by Crippen LogP contribution is -2.07. The molecule has 0 bridgehead atoms. The van der Waals surface area contributed by atoms with Crippen LogP contribution in [0.1, 0.15) is 27.9 Å². The van der Waals surface area contributed by atoms with Gasteiger partial charge >= 0.3 is 12.1 Å². The van der Waals surface area contributed by atoms with Crippen LogP contribution in [0.5, 0.6) is 0 Å². The fourth-order valence-corrected chi connectivity index (χ4v) is 1.51. The van der Waals surface area contributed by atoms with Gasteiger partial charge in [-0.25, -0.2) is 4.79 Å².